The Kier molecular flexibility index (Phi) is 4.80. The van der Waals surface area contributed by atoms with Gasteiger partial charge in [-0.15, -0.1) is 12.4 Å². The monoisotopic (exact) mass is 217 g/mol. The lowest BCUT2D eigenvalue weighted by molar-refractivity contribution is -0.139. The topological polar surface area (TPSA) is 72.5 Å². The minimum atomic E-state index is -0.329. The van der Waals surface area contributed by atoms with Crippen LogP contribution in [0.2, 0.25) is 0 Å². The van der Waals surface area contributed by atoms with Crippen LogP contribution in [0.4, 0.5) is 5.69 Å². The Labute approximate surface area is 88.1 Å². The zero-order valence-corrected chi connectivity index (χ0v) is 8.50. The summed E-state index contributed by atoms with van der Waals surface area (Å²) >= 11 is 0. The molecular weight excluding hydrogens is 206 g/mol. The van der Waals surface area contributed by atoms with Gasteiger partial charge >= 0.3 is 5.97 Å². The maximum absolute atomic E-state index is 10.9. The van der Waals surface area contributed by atoms with Crippen molar-refractivity contribution in [2.75, 3.05) is 12.8 Å². The van der Waals surface area contributed by atoms with Crippen LogP contribution >= 0.6 is 12.4 Å². The molecule has 1 aromatic carbocycles. The summed E-state index contributed by atoms with van der Waals surface area (Å²) in [6.45, 7) is 0. The van der Waals surface area contributed by atoms with E-state index in [0.29, 0.717) is 0 Å². The lowest BCUT2D eigenvalue weighted by atomic mass is 10.1. The number of ether oxygens (including phenoxy) is 1. The molecule has 0 fully saturated rings. The molecule has 0 radical (unpaired) electrons. The van der Waals surface area contributed by atoms with E-state index in [9.17, 15) is 4.79 Å². The van der Waals surface area contributed by atoms with Crippen LogP contribution in [-0.4, -0.2) is 18.2 Å². The van der Waals surface area contributed by atoms with Crippen molar-refractivity contribution >= 4 is 24.1 Å². The lowest BCUT2D eigenvalue weighted by Gasteiger charge is -2.02. The Morgan fingerprint density at radius 3 is 2.71 bits per heavy atom. The van der Waals surface area contributed by atoms with Crippen molar-refractivity contribution in [1.82, 2.24) is 0 Å². The van der Waals surface area contributed by atoms with Crippen molar-refractivity contribution in [3.05, 3.63) is 23.8 Å². The third kappa shape index (κ3) is 3.14. The van der Waals surface area contributed by atoms with Crippen LogP contribution in [0.15, 0.2) is 18.2 Å². The Morgan fingerprint density at radius 2 is 2.21 bits per heavy atom. The number of esters is 1. The number of benzene rings is 1. The second-order valence-electron chi connectivity index (χ2n) is 2.65. The molecule has 3 N–H and O–H groups in total. The summed E-state index contributed by atoms with van der Waals surface area (Å²) in [6, 6.07) is 4.63. The Balaban J connectivity index is 0.00000169. The molecule has 0 unspecified atom stereocenters. The molecule has 1 aromatic rings. The average molecular weight is 218 g/mol. The number of rotatable bonds is 2. The van der Waals surface area contributed by atoms with Gasteiger partial charge in [0, 0.05) is 0 Å². The maximum Gasteiger partial charge on any atom is 0.309 e. The van der Waals surface area contributed by atoms with Crippen molar-refractivity contribution in [2.45, 2.75) is 6.42 Å². The highest BCUT2D eigenvalue weighted by Crippen LogP contribution is 2.20. The number of phenolic OH excluding ortho intramolecular Hbond substituents is 1. The summed E-state index contributed by atoms with van der Waals surface area (Å²) in [5, 5.41) is 9.09. The van der Waals surface area contributed by atoms with Gasteiger partial charge in [0.25, 0.3) is 0 Å². The van der Waals surface area contributed by atoms with Crippen molar-refractivity contribution in [2.24, 2.45) is 0 Å². The summed E-state index contributed by atoms with van der Waals surface area (Å²) < 4.78 is 4.48. The minimum Gasteiger partial charge on any atom is -0.506 e. The number of hydrogen-bond acceptors (Lipinski definition) is 4. The number of anilines is 1. The van der Waals surface area contributed by atoms with Crippen LogP contribution in [0.25, 0.3) is 0 Å². The van der Waals surface area contributed by atoms with Gasteiger partial charge in [-0.3, -0.25) is 4.79 Å². The number of aromatic hydroxyl groups is 1. The fourth-order valence-electron chi connectivity index (χ4n) is 0.953. The Hall–Kier alpha value is -1.42. The molecule has 0 aromatic heterocycles. The van der Waals surface area contributed by atoms with Crippen molar-refractivity contribution < 1.29 is 14.6 Å². The molecule has 0 aliphatic carbocycles. The summed E-state index contributed by atoms with van der Waals surface area (Å²) in [5.74, 6) is -0.307. The molecule has 0 bridgehead atoms. The molecule has 0 spiro atoms. The molecule has 0 heterocycles. The smallest absolute Gasteiger partial charge is 0.309 e. The molecule has 4 nitrogen and oxygen atoms in total. The number of methoxy groups -OCH3 is 1. The molecule has 0 amide bonds. The standard InChI is InChI=1S/C9H11NO3.ClH/c1-13-9(12)5-6-2-3-8(11)7(10)4-6;/h2-4,11H,5,10H2,1H3;1H. The SMILES string of the molecule is COC(=O)Cc1ccc(O)c(N)c1.Cl. The molecule has 0 aliphatic rings. The van der Waals surface area contributed by atoms with E-state index in [2.05, 4.69) is 4.74 Å². The molecule has 0 atom stereocenters. The van der Waals surface area contributed by atoms with Gasteiger partial charge in [-0.25, -0.2) is 0 Å². The van der Waals surface area contributed by atoms with Crippen molar-refractivity contribution in [3.8, 4) is 5.75 Å². The van der Waals surface area contributed by atoms with Crippen LogP contribution in [0.5, 0.6) is 5.75 Å². The van der Waals surface area contributed by atoms with Crippen LogP contribution in [-0.2, 0) is 16.0 Å². The summed E-state index contributed by atoms with van der Waals surface area (Å²) in [6.07, 6.45) is 0.168. The molecular formula is C9H12ClNO3. The van der Waals surface area contributed by atoms with Crippen molar-refractivity contribution in [3.63, 3.8) is 0 Å². The lowest BCUT2D eigenvalue weighted by Crippen LogP contribution is -2.04. The predicted octanol–water partition coefficient (Wildman–Crippen LogP) is 1.11. The number of hydrogen-bond donors (Lipinski definition) is 2. The second-order valence-corrected chi connectivity index (χ2v) is 2.65. The summed E-state index contributed by atoms with van der Waals surface area (Å²) in [4.78, 5) is 10.9. The average Bonchev–Trinajstić information content (AvgIpc) is 2.11. The predicted molar refractivity (Wildman–Crippen MR) is 55.5 cm³/mol. The highest BCUT2D eigenvalue weighted by molar-refractivity contribution is 5.85. The zero-order chi connectivity index (χ0) is 9.84. The minimum absolute atomic E-state index is 0. The van der Waals surface area contributed by atoms with Crippen molar-refractivity contribution in [1.29, 1.82) is 0 Å². The van der Waals surface area contributed by atoms with Gasteiger partial charge in [-0.1, -0.05) is 6.07 Å². The van der Waals surface area contributed by atoms with E-state index in [0.717, 1.165) is 5.56 Å². The Morgan fingerprint density at radius 1 is 1.57 bits per heavy atom. The van der Waals surface area contributed by atoms with Gasteiger partial charge < -0.3 is 15.6 Å². The molecule has 1 rings (SSSR count). The number of carbonyl (C=O) groups is 1. The van der Waals surface area contributed by atoms with Gasteiger partial charge in [0.1, 0.15) is 5.75 Å². The summed E-state index contributed by atoms with van der Waals surface area (Å²) in [7, 11) is 1.33. The third-order valence-electron chi connectivity index (χ3n) is 1.67. The largest absolute Gasteiger partial charge is 0.506 e. The van der Waals surface area contributed by atoms with Crippen LogP contribution < -0.4 is 5.73 Å². The number of nitrogens with two attached hydrogens (primary N) is 1. The van der Waals surface area contributed by atoms with E-state index < -0.39 is 0 Å². The fourth-order valence-corrected chi connectivity index (χ4v) is 0.953. The maximum atomic E-state index is 10.9. The van der Waals surface area contributed by atoms with Gasteiger partial charge in [-0.05, 0) is 17.7 Å². The Bertz CT molecular complexity index is 328. The quantitative estimate of drug-likeness (QED) is 0.442. The molecule has 0 saturated heterocycles. The van der Waals surface area contributed by atoms with E-state index in [-0.39, 0.29) is 36.2 Å². The van der Waals surface area contributed by atoms with Gasteiger partial charge in [-0.2, -0.15) is 0 Å². The fraction of sp³-hybridized carbons (Fsp3) is 0.222. The van der Waals surface area contributed by atoms with Crippen LogP contribution in [0.3, 0.4) is 0 Å². The number of nitrogen functional groups attached to an aromatic ring is 1. The van der Waals surface area contributed by atoms with E-state index in [1.807, 2.05) is 0 Å². The molecule has 14 heavy (non-hydrogen) atoms. The summed E-state index contributed by atoms with van der Waals surface area (Å²) in [5.41, 5.74) is 6.43. The highest BCUT2D eigenvalue weighted by atomic mass is 35.5. The first-order valence-corrected chi connectivity index (χ1v) is 3.77. The normalized spacial score (nSPS) is 8.93. The molecule has 0 saturated carbocycles. The van der Waals surface area contributed by atoms with E-state index in [1.54, 1.807) is 12.1 Å². The first-order chi connectivity index (χ1) is 6.13. The van der Waals surface area contributed by atoms with Crippen LogP contribution in [0, 0.1) is 0 Å². The number of halogens is 1. The number of phenols is 1. The molecule has 5 heteroatoms. The van der Waals surface area contributed by atoms with E-state index >= 15 is 0 Å². The van der Waals surface area contributed by atoms with E-state index in [4.69, 9.17) is 10.8 Å². The van der Waals surface area contributed by atoms with Gasteiger partial charge in [0.2, 0.25) is 0 Å². The first kappa shape index (κ1) is 12.6. The molecule has 78 valence electrons. The van der Waals surface area contributed by atoms with Gasteiger partial charge in [0.15, 0.2) is 0 Å². The number of carbonyl (C=O) groups excluding carboxylic acids is 1. The third-order valence-corrected chi connectivity index (χ3v) is 1.67. The first-order valence-electron chi connectivity index (χ1n) is 3.77. The second kappa shape index (κ2) is 5.34. The molecule has 0 aliphatic heterocycles. The highest BCUT2D eigenvalue weighted by Gasteiger charge is 2.04. The zero-order valence-electron chi connectivity index (χ0n) is 7.69. The van der Waals surface area contributed by atoms with Gasteiger partial charge in [0.05, 0.1) is 19.2 Å². The van der Waals surface area contributed by atoms with E-state index in [1.165, 1.54) is 13.2 Å². The van der Waals surface area contributed by atoms with Crippen LogP contribution in [0.1, 0.15) is 5.56 Å².